The molecule has 1 N–H and O–H groups in total. The Kier molecular flexibility index (Phi) is 2.09. The van der Waals surface area contributed by atoms with E-state index in [1.54, 1.807) is 0 Å². The van der Waals surface area contributed by atoms with E-state index >= 15 is 0 Å². The van der Waals surface area contributed by atoms with Gasteiger partial charge in [-0.15, -0.1) is 0 Å². The molecule has 0 bridgehead atoms. The molecule has 1 nitrogen and oxygen atoms in total. The summed E-state index contributed by atoms with van der Waals surface area (Å²) in [5, 5.41) is 3.49. The second-order valence-corrected chi connectivity index (χ2v) is 3.53. The van der Waals surface area contributed by atoms with Crippen molar-refractivity contribution in [3.63, 3.8) is 0 Å². The lowest BCUT2D eigenvalue weighted by Crippen LogP contribution is -2.21. The number of para-hydroxylation sites is 1. The van der Waals surface area contributed by atoms with Gasteiger partial charge in [-0.25, -0.2) is 0 Å². The monoisotopic (exact) mass is 173 g/mol. The summed E-state index contributed by atoms with van der Waals surface area (Å²) in [6.07, 6.45) is 3.43. The van der Waals surface area contributed by atoms with Gasteiger partial charge in [0.15, 0.2) is 0 Å². The second-order valence-electron chi connectivity index (χ2n) is 3.53. The predicted octanol–water partition coefficient (Wildman–Crippen LogP) is 3.29. The van der Waals surface area contributed by atoms with Crippen LogP contribution in [0.4, 0.5) is 5.69 Å². The van der Waals surface area contributed by atoms with Crippen LogP contribution in [0.15, 0.2) is 29.8 Å². The molecule has 0 aliphatic carbocycles. The summed E-state index contributed by atoms with van der Waals surface area (Å²) in [5.74, 6) is 0. The standard InChI is InChI=1S/C12H15N/c1-3-10-8-11-6-4-5-7-12(11)13-9(10)2/h4-9,13H,3H2,1-2H3. The molecule has 0 spiro atoms. The second kappa shape index (κ2) is 3.25. The molecule has 1 atom stereocenters. The summed E-state index contributed by atoms with van der Waals surface area (Å²) in [6.45, 7) is 4.42. The maximum atomic E-state index is 3.49. The van der Waals surface area contributed by atoms with Gasteiger partial charge in [0.1, 0.15) is 0 Å². The zero-order valence-corrected chi connectivity index (χ0v) is 8.17. The Morgan fingerprint density at radius 3 is 2.85 bits per heavy atom. The third-order valence-corrected chi connectivity index (χ3v) is 2.64. The molecule has 1 heterocycles. The molecule has 0 saturated carbocycles. The van der Waals surface area contributed by atoms with Crippen molar-refractivity contribution < 1.29 is 0 Å². The van der Waals surface area contributed by atoms with Crippen molar-refractivity contribution in [2.24, 2.45) is 0 Å². The molecule has 1 aliphatic heterocycles. The molecule has 0 saturated heterocycles. The van der Waals surface area contributed by atoms with Gasteiger partial charge in [-0.05, 0) is 30.5 Å². The highest BCUT2D eigenvalue weighted by molar-refractivity contribution is 5.72. The molecule has 0 amide bonds. The molecular formula is C12H15N. The van der Waals surface area contributed by atoms with E-state index in [0.717, 1.165) is 6.42 Å². The number of hydrogen-bond acceptors (Lipinski definition) is 1. The predicted molar refractivity (Wildman–Crippen MR) is 57.8 cm³/mol. The summed E-state index contributed by atoms with van der Waals surface area (Å²) in [7, 11) is 0. The summed E-state index contributed by atoms with van der Waals surface area (Å²) in [6, 6.07) is 8.93. The molecule has 1 aliphatic rings. The Balaban J connectivity index is 2.44. The maximum Gasteiger partial charge on any atom is 0.0448 e. The number of benzene rings is 1. The smallest absolute Gasteiger partial charge is 0.0448 e. The van der Waals surface area contributed by atoms with Gasteiger partial charge in [0.25, 0.3) is 0 Å². The maximum absolute atomic E-state index is 3.49. The Morgan fingerprint density at radius 2 is 2.08 bits per heavy atom. The highest BCUT2D eigenvalue weighted by Crippen LogP contribution is 2.27. The van der Waals surface area contributed by atoms with Crippen LogP contribution >= 0.6 is 0 Å². The lowest BCUT2D eigenvalue weighted by Gasteiger charge is -2.24. The van der Waals surface area contributed by atoms with Crippen molar-refractivity contribution in [3.8, 4) is 0 Å². The molecule has 2 rings (SSSR count). The first-order chi connectivity index (χ1) is 6.31. The topological polar surface area (TPSA) is 12.0 Å². The molecule has 1 aromatic carbocycles. The normalized spacial score (nSPS) is 20.2. The molecule has 0 fully saturated rings. The number of fused-ring (bicyclic) bond motifs is 1. The molecule has 1 heteroatoms. The zero-order chi connectivity index (χ0) is 9.26. The van der Waals surface area contributed by atoms with Gasteiger partial charge in [0.05, 0.1) is 0 Å². The van der Waals surface area contributed by atoms with Crippen LogP contribution in [0.3, 0.4) is 0 Å². The van der Waals surface area contributed by atoms with Gasteiger partial charge in [-0.1, -0.05) is 31.2 Å². The van der Waals surface area contributed by atoms with Gasteiger partial charge in [-0.3, -0.25) is 0 Å². The first-order valence-corrected chi connectivity index (χ1v) is 4.87. The van der Waals surface area contributed by atoms with Crippen molar-refractivity contribution in [1.29, 1.82) is 0 Å². The average molecular weight is 173 g/mol. The van der Waals surface area contributed by atoms with Crippen LogP contribution in [-0.2, 0) is 0 Å². The van der Waals surface area contributed by atoms with Crippen molar-refractivity contribution in [2.45, 2.75) is 26.3 Å². The van der Waals surface area contributed by atoms with E-state index in [9.17, 15) is 0 Å². The van der Waals surface area contributed by atoms with Gasteiger partial charge < -0.3 is 5.32 Å². The van der Waals surface area contributed by atoms with Crippen LogP contribution in [0.1, 0.15) is 25.8 Å². The van der Waals surface area contributed by atoms with E-state index in [0.29, 0.717) is 6.04 Å². The van der Waals surface area contributed by atoms with E-state index in [1.165, 1.54) is 16.8 Å². The van der Waals surface area contributed by atoms with E-state index in [4.69, 9.17) is 0 Å². The van der Waals surface area contributed by atoms with E-state index < -0.39 is 0 Å². The fraction of sp³-hybridized carbons (Fsp3) is 0.333. The summed E-state index contributed by atoms with van der Waals surface area (Å²) >= 11 is 0. The van der Waals surface area contributed by atoms with Crippen molar-refractivity contribution in [2.75, 3.05) is 5.32 Å². The first-order valence-electron chi connectivity index (χ1n) is 4.87. The minimum Gasteiger partial charge on any atom is -0.378 e. The van der Waals surface area contributed by atoms with Crippen LogP contribution in [0, 0.1) is 0 Å². The number of nitrogens with one attached hydrogen (secondary N) is 1. The van der Waals surface area contributed by atoms with Crippen LogP contribution in [-0.4, -0.2) is 6.04 Å². The summed E-state index contributed by atoms with van der Waals surface area (Å²) in [5.41, 5.74) is 4.06. The number of hydrogen-bond donors (Lipinski definition) is 1. The molecular weight excluding hydrogens is 158 g/mol. The quantitative estimate of drug-likeness (QED) is 0.687. The molecule has 0 aromatic heterocycles. The van der Waals surface area contributed by atoms with E-state index in [2.05, 4.69) is 49.5 Å². The Labute approximate surface area is 79.5 Å². The first kappa shape index (κ1) is 8.36. The fourth-order valence-electron chi connectivity index (χ4n) is 1.81. The molecule has 1 aromatic rings. The SMILES string of the molecule is CCC1=Cc2ccccc2NC1C. The van der Waals surface area contributed by atoms with Crippen LogP contribution in [0.5, 0.6) is 0 Å². The molecule has 0 radical (unpaired) electrons. The Morgan fingerprint density at radius 1 is 1.31 bits per heavy atom. The number of rotatable bonds is 1. The van der Waals surface area contributed by atoms with Gasteiger partial charge in [0, 0.05) is 11.7 Å². The summed E-state index contributed by atoms with van der Waals surface area (Å²) in [4.78, 5) is 0. The van der Waals surface area contributed by atoms with Gasteiger partial charge >= 0.3 is 0 Å². The highest BCUT2D eigenvalue weighted by atomic mass is 14.9. The van der Waals surface area contributed by atoms with Crippen LogP contribution in [0.25, 0.3) is 6.08 Å². The third kappa shape index (κ3) is 1.46. The van der Waals surface area contributed by atoms with Gasteiger partial charge in [0.2, 0.25) is 0 Å². The van der Waals surface area contributed by atoms with Crippen LogP contribution < -0.4 is 5.32 Å². The van der Waals surface area contributed by atoms with Gasteiger partial charge in [-0.2, -0.15) is 0 Å². The lowest BCUT2D eigenvalue weighted by atomic mass is 9.97. The summed E-state index contributed by atoms with van der Waals surface area (Å²) < 4.78 is 0. The molecule has 1 unspecified atom stereocenters. The van der Waals surface area contributed by atoms with Crippen molar-refractivity contribution >= 4 is 11.8 Å². The molecule has 68 valence electrons. The van der Waals surface area contributed by atoms with E-state index in [1.807, 2.05) is 0 Å². The fourth-order valence-corrected chi connectivity index (χ4v) is 1.81. The zero-order valence-electron chi connectivity index (χ0n) is 8.17. The number of anilines is 1. The Bertz CT molecular complexity index is 339. The van der Waals surface area contributed by atoms with E-state index in [-0.39, 0.29) is 0 Å². The minimum absolute atomic E-state index is 0.486. The largest absolute Gasteiger partial charge is 0.378 e. The molecule has 13 heavy (non-hydrogen) atoms. The lowest BCUT2D eigenvalue weighted by molar-refractivity contribution is 0.864. The minimum atomic E-state index is 0.486. The van der Waals surface area contributed by atoms with Crippen molar-refractivity contribution in [1.82, 2.24) is 0 Å². The van der Waals surface area contributed by atoms with Crippen molar-refractivity contribution in [3.05, 3.63) is 35.4 Å². The Hall–Kier alpha value is -1.24. The average Bonchev–Trinajstić information content (AvgIpc) is 2.17. The van der Waals surface area contributed by atoms with Crippen LogP contribution in [0.2, 0.25) is 0 Å². The third-order valence-electron chi connectivity index (χ3n) is 2.64. The highest BCUT2D eigenvalue weighted by Gasteiger charge is 2.13.